The van der Waals surface area contributed by atoms with Crippen LogP contribution in [0, 0.1) is 35.3 Å². The van der Waals surface area contributed by atoms with E-state index in [9.17, 15) is 28.9 Å². The summed E-state index contributed by atoms with van der Waals surface area (Å²) in [4.78, 5) is 10.5. The first-order chi connectivity index (χ1) is 14.3. The topological polar surface area (TPSA) is 98.0 Å². The van der Waals surface area contributed by atoms with Crippen LogP contribution in [0.2, 0.25) is 0 Å². The Balaban J connectivity index is 1.82. The van der Waals surface area contributed by atoms with E-state index in [-0.39, 0.29) is 30.2 Å². The fourth-order valence-electron chi connectivity index (χ4n) is 4.17. The number of halogens is 2. The molecule has 0 spiro atoms. The quantitative estimate of drug-likeness (QED) is 0.342. The maximum Gasteiger partial charge on any atom is 0.303 e. The minimum absolute atomic E-state index is 0.0831. The van der Waals surface area contributed by atoms with Crippen LogP contribution in [0.15, 0.2) is 18.2 Å². The van der Waals surface area contributed by atoms with Gasteiger partial charge >= 0.3 is 5.97 Å². The van der Waals surface area contributed by atoms with Crippen molar-refractivity contribution in [3.63, 3.8) is 0 Å². The molecule has 2 rings (SSSR count). The van der Waals surface area contributed by atoms with Gasteiger partial charge in [-0.3, -0.25) is 4.79 Å². The number of hydrogen-bond acceptors (Lipinski definition) is 4. The lowest BCUT2D eigenvalue weighted by Crippen LogP contribution is -2.23. The van der Waals surface area contributed by atoms with E-state index >= 15 is 0 Å². The zero-order chi connectivity index (χ0) is 22.1. The van der Waals surface area contributed by atoms with Crippen molar-refractivity contribution in [2.45, 2.75) is 76.1 Å². The van der Waals surface area contributed by atoms with Crippen LogP contribution >= 0.6 is 0 Å². The maximum atomic E-state index is 13.6. The number of carbonyl (C=O) groups is 1. The minimum atomic E-state index is -1.05. The minimum Gasteiger partial charge on any atom is -0.481 e. The van der Waals surface area contributed by atoms with Crippen molar-refractivity contribution < 1.29 is 34.0 Å². The van der Waals surface area contributed by atoms with Crippen LogP contribution < -0.4 is 0 Å². The molecule has 7 heteroatoms. The van der Waals surface area contributed by atoms with Crippen molar-refractivity contribution in [3.05, 3.63) is 35.4 Å². The highest BCUT2D eigenvalue weighted by atomic mass is 19.2. The van der Waals surface area contributed by atoms with E-state index < -0.39 is 35.9 Å². The van der Waals surface area contributed by atoms with Gasteiger partial charge in [0.25, 0.3) is 0 Å². The average molecular weight is 424 g/mol. The average Bonchev–Trinajstić information content (AvgIpc) is 2.96. The van der Waals surface area contributed by atoms with Gasteiger partial charge in [0.05, 0.1) is 17.8 Å². The summed E-state index contributed by atoms with van der Waals surface area (Å²) in [6.45, 7) is 0. The van der Waals surface area contributed by atoms with Crippen LogP contribution in [0.25, 0.3) is 0 Å². The summed E-state index contributed by atoms with van der Waals surface area (Å²) in [6.07, 6.45) is 2.75. The molecule has 0 aromatic heterocycles. The molecule has 1 fully saturated rings. The van der Waals surface area contributed by atoms with E-state index in [0.717, 1.165) is 31.7 Å². The van der Waals surface area contributed by atoms with Crippen molar-refractivity contribution in [3.8, 4) is 11.8 Å². The van der Waals surface area contributed by atoms with Gasteiger partial charge in [-0.15, -0.1) is 0 Å². The van der Waals surface area contributed by atoms with E-state index in [0.29, 0.717) is 19.3 Å². The van der Waals surface area contributed by atoms with Crippen LogP contribution in [0.3, 0.4) is 0 Å². The summed E-state index contributed by atoms with van der Waals surface area (Å²) in [5.41, 5.74) is -0.119. The molecular formula is C23H30F2O5. The lowest BCUT2D eigenvalue weighted by Gasteiger charge is -2.24. The van der Waals surface area contributed by atoms with Crippen molar-refractivity contribution >= 4 is 5.97 Å². The van der Waals surface area contributed by atoms with Gasteiger partial charge in [0.1, 0.15) is 6.10 Å². The summed E-state index contributed by atoms with van der Waals surface area (Å²) in [5.74, 6) is 1.88. The van der Waals surface area contributed by atoms with E-state index in [4.69, 9.17) is 5.11 Å². The van der Waals surface area contributed by atoms with Crippen LogP contribution in [0.1, 0.15) is 63.4 Å². The van der Waals surface area contributed by atoms with Crippen molar-refractivity contribution in [2.75, 3.05) is 0 Å². The number of rotatable bonds is 10. The summed E-state index contributed by atoms with van der Waals surface area (Å²) in [6, 6.07) is 3.68. The first kappa shape index (κ1) is 24.3. The number of carboxylic acids is 1. The molecule has 5 atom stereocenters. The van der Waals surface area contributed by atoms with Gasteiger partial charge in [-0.05, 0) is 56.1 Å². The Morgan fingerprint density at radius 2 is 1.73 bits per heavy atom. The third-order valence-electron chi connectivity index (χ3n) is 5.80. The molecule has 4 N–H and O–H groups in total. The molecule has 30 heavy (non-hydrogen) atoms. The molecular weight excluding hydrogens is 394 g/mol. The molecule has 166 valence electrons. The largest absolute Gasteiger partial charge is 0.481 e. The van der Waals surface area contributed by atoms with Crippen LogP contribution in [-0.4, -0.2) is 44.7 Å². The third kappa shape index (κ3) is 7.35. The fourth-order valence-corrected chi connectivity index (χ4v) is 4.17. The molecule has 0 bridgehead atoms. The van der Waals surface area contributed by atoms with Gasteiger partial charge < -0.3 is 20.4 Å². The Bertz CT molecular complexity index is 758. The van der Waals surface area contributed by atoms with E-state index in [1.165, 1.54) is 12.1 Å². The molecule has 1 aliphatic rings. The fraction of sp³-hybridized carbons (Fsp3) is 0.609. The highest BCUT2D eigenvalue weighted by molar-refractivity contribution is 5.66. The number of carboxylic acid groups (broad SMARTS) is 1. The van der Waals surface area contributed by atoms with Crippen molar-refractivity contribution in [2.24, 2.45) is 11.8 Å². The van der Waals surface area contributed by atoms with Gasteiger partial charge in [-0.2, -0.15) is 0 Å². The highest BCUT2D eigenvalue weighted by Gasteiger charge is 2.40. The summed E-state index contributed by atoms with van der Waals surface area (Å²) in [7, 11) is 0. The first-order valence-electron chi connectivity index (χ1n) is 10.5. The molecule has 0 heterocycles. The Hall–Kier alpha value is -2.01. The molecule has 1 aliphatic carbocycles. The maximum absolute atomic E-state index is 13.6. The molecule has 0 saturated heterocycles. The van der Waals surface area contributed by atoms with E-state index in [1.807, 2.05) is 0 Å². The molecule has 1 aromatic rings. The Labute approximate surface area is 175 Å². The summed E-state index contributed by atoms with van der Waals surface area (Å²) in [5, 5.41) is 39.3. The number of benzene rings is 1. The number of aliphatic carboxylic acids is 1. The molecule has 1 aromatic carbocycles. The zero-order valence-electron chi connectivity index (χ0n) is 16.9. The van der Waals surface area contributed by atoms with Gasteiger partial charge in [0.15, 0.2) is 11.6 Å². The first-order valence-corrected chi connectivity index (χ1v) is 10.5. The SMILES string of the molecule is O=C(O)CCCCCC[C@@H]1[C@@H](CCC(O)C#Cc2cccc(F)c2F)[C@H](O)C[C@@H]1O. The van der Waals surface area contributed by atoms with Gasteiger partial charge in [0, 0.05) is 6.42 Å². The molecule has 1 unspecified atom stereocenters. The van der Waals surface area contributed by atoms with Crippen molar-refractivity contribution in [1.29, 1.82) is 0 Å². The number of aliphatic hydroxyl groups excluding tert-OH is 3. The second kappa shape index (κ2) is 12.0. The molecule has 0 aliphatic heterocycles. The second-order valence-corrected chi connectivity index (χ2v) is 8.01. The molecule has 1 saturated carbocycles. The van der Waals surface area contributed by atoms with E-state index in [1.54, 1.807) is 0 Å². The predicted molar refractivity (Wildman–Crippen MR) is 107 cm³/mol. The lowest BCUT2D eigenvalue weighted by atomic mass is 9.85. The summed E-state index contributed by atoms with van der Waals surface area (Å²) < 4.78 is 26.8. The smallest absolute Gasteiger partial charge is 0.303 e. The monoisotopic (exact) mass is 424 g/mol. The second-order valence-electron chi connectivity index (χ2n) is 8.01. The Morgan fingerprint density at radius 3 is 2.43 bits per heavy atom. The number of unbranched alkanes of at least 4 members (excludes halogenated alkanes) is 3. The molecule has 5 nitrogen and oxygen atoms in total. The predicted octanol–water partition coefficient (Wildman–Crippen LogP) is 3.24. The van der Waals surface area contributed by atoms with Gasteiger partial charge in [0.2, 0.25) is 0 Å². The summed E-state index contributed by atoms with van der Waals surface area (Å²) >= 11 is 0. The standard InChI is InChI=1S/C23H30F2O5/c24-19-8-5-6-15(23(19)25)10-11-16(26)12-13-18-17(20(27)14-21(18)28)7-3-1-2-4-9-22(29)30/h5-6,8,16-18,20-21,26-28H,1-4,7,9,12-14H2,(H,29,30)/t16?,17-,18-,20+,21-/m1/s1. The highest BCUT2D eigenvalue weighted by Crippen LogP contribution is 2.39. The van der Waals surface area contributed by atoms with Crippen LogP contribution in [0.4, 0.5) is 8.78 Å². The Morgan fingerprint density at radius 1 is 1.07 bits per heavy atom. The molecule has 0 radical (unpaired) electrons. The van der Waals surface area contributed by atoms with Gasteiger partial charge in [-0.1, -0.05) is 37.2 Å². The zero-order valence-corrected chi connectivity index (χ0v) is 16.9. The number of aliphatic hydroxyl groups is 3. The van der Waals surface area contributed by atoms with Gasteiger partial charge in [-0.25, -0.2) is 8.78 Å². The van der Waals surface area contributed by atoms with Crippen LogP contribution in [-0.2, 0) is 4.79 Å². The van der Waals surface area contributed by atoms with Crippen LogP contribution in [0.5, 0.6) is 0 Å². The van der Waals surface area contributed by atoms with E-state index in [2.05, 4.69) is 11.8 Å². The van der Waals surface area contributed by atoms with Crippen molar-refractivity contribution in [1.82, 2.24) is 0 Å². The number of hydrogen-bond donors (Lipinski definition) is 4. The molecule has 0 amide bonds. The normalized spacial score (nSPS) is 24.3. The third-order valence-corrected chi connectivity index (χ3v) is 5.80. The Kier molecular flexibility index (Phi) is 9.70. The lowest BCUT2D eigenvalue weighted by molar-refractivity contribution is -0.137.